The van der Waals surface area contributed by atoms with E-state index in [1.807, 2.05) is 42.2 Å². The molecule has 0 bridgehead atoms. The molecule has 4 rings (SSSR count). The normalized spacial score (nSPS) is 20.9. The van der Waals surface area contributed by atoms with E-state index >= 15 is 0 Å². The minimum atomic E-state index is -0.391. The van der Waals surface area contributed by atoms with Crippen molar-refractivity contribution in [3.05, 3.63) is 59.8 Å². The van der Waals surface area contributed by atoms with Gasteiger partial charge in [0, 0.05) is 19.3 Å². The van der Waals surface area contributed by atoms with E-state index in [0.717, 1.165) is 49.8 Å². The number of hydrogen-bond donors (Lipinski definition) is 1. The average Bonchev–Trinajstić information content (AvgIpc) is 2.70. The molecule has 0 radical (unpaired) electrons. The molecule has 0 spiro atoms. The number of piperidine rings is 1. The molecule has 2 aromatic rings. The second-order valence-electron chi connectivity index (χ2n) is 8.10. The van der Waals surface area contributed by atoms with Crippen molar-refractivity contribution in [2.45, 2.75) is 44.4 Å². The van der Waals surface area contributed by atoms with Gasteiger partial charge in [-0.05, 0) is 49.8 Å². The van der Waals surface area contributed by atoms with Crippen LogP contribution in [0.4, 0.5) is 5.82 Å². The standard InChI is InChI=1S/C23H27N3O2/c1-17-10-11-20(24-15-17)25-21(27)18-7-5-14-26(16-18)22(28)23(12-6-13-23)19-8-3-2-4-9-19/h2-4,8-11,15,18H,5-7,12-14,16H2,1H3,(H,24,25,27). The Morgan fingerprint density at radius 3 is 2.54 bits per heavy atom. The SMILES string of the molecule is Cc1ccc(NC(=O)C2CCCN(C(=O)C3(c4ccccc4)CCC3)C2)nc1. The molecule has 1 aliphatic carbocycles. The highest BCUT2D eigenvalue weighted by atomic mass is 16.2. The van der Waals surface area contributed by atoms with Crippen molar-refractivity contribution in [2.75, 3.05) is 18.4 Å². The van der Waals surface area contributed by atoms with Crippen LogP contribution in [0.15, 0.2) is 48.7 Å². The zero-order valence-corrected chi connectivity index (χ0v) is 16.4. The molecule has 1 unspecified atom stereocenters. The minimum Gasteiger partial charge on any atom is -0.341 e. The predicted molar refractivity (Wildman–Crippen MR) is 109 cm³/mol. The number of rotatable bonds is 4. The maximum Gasteiger partial charge on any atom is 0.233 e. The lowest BCUT2D eigenvalue weighted by Crippen LogP contribution is -2.54. The Morgan fingerprint density at radius 2 is 1.89 bits per heavy atom. The number of carbonyl (C=O) groups excluding carboxylic acids is 2. The van der Waals surface area contributed by atoms with Crippen molar-refractivity contribution < 1.29 is 9.59 Å². The number of carbonyl (C=O) groups is 2. The predicted octanol–water partition coefficient (Wildman–Crippen LogP) is 3.69. The van der Waals surface area contributed by atoms with Crippen molar-refractivity contribution in [3.8, 4) is 0 Å². The Morgan fingerprint density at radius 1 is 1.11 bits per heavy atom. The van der Waals surface area contributed by atoms with E-state index in [0.29, 0.717) is 12.4 Å². The van der Waals surface area contributed by atoms with Gasteiger partial charge >= 0.3 is 0 Å². The molecule has 5 heteroatoms. The number of nitrogens with zero attached hydrogens (tertiary/aromatic N) is 2. The lowest BCUT2D eigenvalue weighted by atomic mass is 9.63. The molecule has 1 saturated carbocycles. The van der Waals surface area contributed by atoms with E-state index in [-0.39, 0.29) is 17.7 Å². The van der Waals surface area contributed by atoms with Gasteiger partial charge in [-0.3, -0.25) is 9.59 Å². The van der Waals surface area contributed by atoms with Crippen LogP contribution in [0.3, 0.4) is 0 Å². The number of likely N-dealkylation sites (tertiary alicyclic amines) is 1. The van der Waals surface area contributed by atoms with Crippen LogP contribution in [0.5, 0.6) is 0 Å². The lowest BCUT2D eigenvalue weighted by Gasteiger charge is -2.45. The monoisotopic (exact) mass is 377 g/mol. The van der Waals surface area contributed by atoms with Crippen LogP contribution in [0.2, 0.25) is 0 Å². The van der Waals surface area contributed by atoms with Gasteiger partial charge in [0.2, 0.25) is 11.8 Å². The number of amides is 2. The third-order valence-electron chi connectivity index (χ3n) is 6.18. The molecule has 2 amide bonds. The fraction of sp³-hybridized carbons (Fsp3) is 0.435. The molecular formula is C23H27N3O2. The lowest BCUT2D eigenvalue weighted by molar-refractivity contribution is -0.143. The zero-order chi connectivity index (χ0) is 19.6. The fourth-order valence-electron chi connectivity index (χ4n) is 4.36. The molecule has 1 aliphatic heterocycles. The van der Waals surface area contributed by atoms with E-state index in [2.05, 4.69) is 22.4 Å². The summed E-state index contributed by atoms with van der Waals surface area (Å²) in [6.45, 7) is 3.19. The van der Waals surface area contributed by atoms with Crippen LogP contribution in [0.25, 0.3) is 0 Å². The highest BCUT2D eigenvalue weighted by Gasteiger charge is 2.48. The summed E-state index contributed by atoms with van der Waals surface area (Å²) >= 11 is 0. The molecule has 2 fully saturated rings. The van der Waals surface area contributed by atoms with Gasteiger partial charge in [0.1, 0.15) is 5.82 Å². The Balaban J connectivity index is 1.45. The molecule has 1 N–H and O–H groups in total. The van der Waals surface area contributed by atoms with E-state index in [4.69, 9.17) is 0 Å². The number of nitrogens with one attached hydrogen (secondary N) is 1. The third-order valence-corrected chi connectivity index (χ3v) is 6.18. The van der Waals surface area contributed by atoms with Crippen LogP contribution >= 0.6 is 0 Å². The number of aryl methyl sites for hydroxylation is 1. The molecule has 1 saturated heterocycles. The molecular weight excluding hydrogens is 350 g/mol. The van der Waals surface area contributed by atoms with E-state index in [1.54, 1.807) is 6.20 Å². The van der Waals surface area contributed by atoms with Gasteiger partial charge in [0.25, 0.3) is 0 Å². The third kappa shape index (κ3) is 3.53. The maximum atomic E-state index is 13.4. The first-order valence-corrected chi connectivity index (χ1v) is 10.2. The highest BCUT2D eigenvalue weighted by Crippen LogP contribution is 2.45. The maximum absolute atomic E-state index is 13.4. The highest BCUT2D eigenvalue weighted by molar-refractivity contribution is 5.93. The van der Waals surface area contributed by atoms with Gasteiger partial charge in [-0.2, -0.15) is 0 Å². The summed E-state index contributed by atoms with van der Waals surface area (Å²) in [5.41, 5.74) is 1.78. The van der Waals surface area contributed by atoms with Gasteiger partial charge in [-0.25, -0.2) is 4.98 Å². The first-order valence-electron chi connectivity index (χ1n) is 10.2. The quantitative estimate of drug-likeness (QED) is 0.884. The van der Waals surface area contributed by atoms with Crippen LogP contribution < -0.4 is 5.32 Å². The topological polar surface area (TPSA) is 62.3 Å². The fourth-order valence-corrected chi connectivity index (χ4v) is 4.36. The molecule has 1 atom stereocenters. The summed E-state index contributed by atoms with van der Waals surface area (Å²) in [5.74, 6) is 0.527. The molecule has 2 heterocycles. The van der Waals surface area contributed by atoms with Crippen molar-refractivity contribution in [3.63, 3.8) is 0 Å². The van der Waals surface area contributed by atoms with Gasteiger partial charge in [-0.15, -0.1) is 0 Å². The number of hydrogen-bond acceptors (Lipinski definition) is 3. The Hall–Kier alpha value is -2.69. The Kier molecular flexibility index (Phi) is 5.16. The molecule has 2 aliphatic rings. The van der Waals surface area contributed by atoms with Crippen LogP contribution in [-0.4, -0.2) is 34.8 Å². The summed E-state index contributed by atoms with van der Waals surface area (Å²) < 4.78 is 0. The number of pyridine rings is 1. The molecule has 28 heavy (non-hydrogen) atoms. The van der Waals surface area contributed by atoms with Crippen LogP contribution in [-0.2, 0) is 15.0 Å². The van der Waals surface area contributed by atoms with Gasteiger partial charge in [0.05, 0.1) is 11.3 Å². The first-order chi connectivity index (χ1) is 13.6. The summed E-state index contributed by atoms with van der Waals surface area (Å²) in [5, 5.41) is 2.91. The smallest absolute Gasteiger partial charge is 0.233 e. The van der Waals surface area contributed by atoms with E-state index in [1.165, 1.54) is 0 Å². The summed E-state index contributed by atoms with van der Waals surface area (Å²) in [6.07, 6.45) is 6.28. The molecule has 1 aromatic heterocycles. The first kappa shape index (κ1) is 18.7. The molecule has 5 nitrogen and oxygen atoms in total. The van der Waals surface area contributed by atoms with Crippen molar-refractivity contribution >= 4 is 17.6 Å². The largest absolute Gasteiger partial charge is 0.341 e. The van der Waals surface area contributed by atoms with Crippen LogP contribution in [0.1, 0.15) is 43.2 Å². The van der Waals surface area contributed by atoms with Gasteiger partial charge < -0.3 is 10.2 Å². The summed E-state index contributed by atoms with van der Waals surface area (Å²) in [4.78, 5) is 32.4. The van der Waals surface area contributed by atoms with Crippen molar-refractivity contribution in [1.29, 1.82) is 0 Å². The van der Waals surface area contributed by atoms with E-state index in [9.17, 15) is 9.59 Å². The second kappa shape index (κ2) is 7.74. The average molecular weight is 377 g/mol. The summed E-state index contributed by atoms with van der Waals surface area (Å²) in [6, 6.07) is 13.9. The summed E-state index contributed by atoms with van der Waals surface area (Å²) in [7, 11) is 0. The Bertz CT molecular complexity index is 844. The van der Waals surface area contributed by atoms with Gasteiger partial charge in [0.15, 0.2) is 0 Å². The van der Waals surface area contributed by atoms with E-state index < -0.39 is 5.41 Å². The number of anilines is 1. The Labute approximate surface area is 166 Å². The zero-order valence-electron chi connectivity index (χ0n) is 16.4. The minimum absolute atomic E-state index is 0.0452. The van der Waals surface area contributed by atoms with Crippen molar-refractivity contribution in [2.24, 2.45) is 5.92 Å². The van der Waals surface area contributed by atoms with Crippen LogP contribution in [0, 0.1) is 12.8 Å². The second-order valence-corrected chi connectivity index (χ2v) is 8.10. The van der Waals surface area contributed by atoms with Gasteiger partial charge in [-0.1, -0.05) is 42.8 Å². The molecule has 1 aromatic carbocycles. The number of benzene rings is 1. The number of aromatic nitrogens is 1. The molecule has 146 valence electrons. The van der Waals surface area contributed by atoms with Crippen molar-refractivity contribution in [1.82, 2.24) is 9.88 Å².